The first-order valence-electron chi connectivity index (χ1n) is 6.44. The zero-order valence-electron chi connectivity index (χ0n) is 11.1. The van der Waals surface area contributed by atoms with E-state index in [0.717, 1.165) is 8.95 Å². The lowest BCUT2D eigenvalue weighted by Gasteiger charge is -2.24. The summed E-state index contributed by atoms with van der Waals surface area (Å²) in [5, 5.41) is 3.00. The summed E-state index contributed by atoms with van der Waals surface area (Å²) in [6.45, 7) is 2.82. The molecule has 1 aromatic rings. The van der Waals surface area contributed by atoms with Gasteiger partial charge in [-0.2, -0.15) is 0 Å². The smallest absolute Gasteiger partial charge is 0.252 e. The molecule has 1 aromatic carbocycles. The lowest BCUT2D eigenvalue weighted by molar-refractivity contribution is 0.0938. The van der Waals surface area contributed by atoms with Crippen LogP contribution in [0.25, 0.3) is 0 Å². The predicted octanol–water partition coefficient (Wildman–Crippen LogP) is 3.42. The van der Waals surface area contributed by atoms with Gasteiger partial charge in [0.1, 0.15) is 0 Å². The minimum atomic E-state index is -0.0378. The Labute approximate surface area is 131 Å². The van der Waals surface area contributed by atoms with Crippen LogP contribution in [0.1, 0.15) is 30.1 Å². The Kier molecular flexibility index (Phi) is 5.03. The molecule has 1 unspecified atom stereocenters. The Balaban J connectivity index is 1.91. The third kappa shape index (κ3) is 4.04. The number of carbonyl (C=O) groups is 1. The minimum absolute atomic E-state index is 0.0378. The van der Waals surface area contributed by atoms with Gasteiger partial charge in [-0.15, -0.1) is 0 Å². The van der Waals surface area contributed by atoms with Crippen molar-refractivity contribution in [2.24, 2.45) is 0 Å². The van der Waals surface area contributed by atoms with Crippen molar-refractivity contribution in [3.63, 3.8) is 0 Å². The summed E-state index contributed by atoms with van der Waals surface area (Å²) in [5.74, 6) is -0.0378. The first-order chi connectivity index (χ1) is 8.99. The fraction of sp³-hybridized carbons (Fsp3) is 0.500. The predicted molar refractivity (Wildman–Crippen MR) is 84.4 cm³/mol. The first-order valence-corrected chi connectivity index (χ1v) is 8.03. The number of nitrogens with one attached hydrogen (secondary N) is 1. The molecule has 0 aromatic heterocycles. The molecule has 1 fully saturated rings. The lowest BCUT2D eigenvalue weighted by atomic mass is 10.2. The number of hydrogen-bond donors (Lipinski definition) is 1. The average Bonchev–Trinajstić information content (AvgIpc) is 3.21. The standard InChI is InChI=1S/C14H18Br2N2O/c1-9(18(2)11-4-5-11)8-17-14(19)12-7-10(15)3-6-13(12)16/h3,6-7,9,11H,4-5,8H2,1-2H3,(H,17,19). The van der Waals surface area contributed by atoms with Crippen molar-refractivity contribution >= 4 is 37.8 Å². The summed E-state index contributed by atoms with van der Waals surface area (Å²) >= 11 is 6.79. The number of rotatable bonds is 5. The average molecular weight is 390 g/mol. The second-order valence-electron chi connectivity index (χ2n) is 5.08. The monoisotopic (exact) mass is 388 g/mol. The number of likely N-dealkylation sites (N-methyl/N-ethyl adjacent to an activating group) is 1. The molecule has 0 heterocycles. The number of carbonyl (C=O) groups excluding carboxylic acids is 1. The van der Waals surface area contributed by atoms with Gasteiger partial charge in [-0.1, -0.05) is 15.9 Å². The van der Waals surface area contributed by atoms with Gasteiger partial charge in [0.15, 0.2) is 0 Å². The molecule has 1 aliphatic rings. The molecule has 104 valence electrons. The molecule has 0 saturated heterocycles. The lowest BCUT2D eigenvalue weighted by Crippen LogP contribution is -2.41. The molecule has 2 rings (SSSR count). The highest BCUT2D eigenvalue weighted by Crippen LogP contribution is 2.26. The molecule has 1 saturated carbocycles. The molecular weight excluding hydrogens is 372 g/mol. The van der Waals surface area contributed by atoms with E-state index < -0.39 is 0 Å². The number of benzene rings is 1. The number of amides is 1. The Morgan fingerprint density at radius 2 is 2.16 bits per heavy atom. The Morgan fingerprint density at radius 1 is 1.47 bits per heavy atom. The Bertz CT molecular complexity index is 475. The molecular formula is C14H18Br2N2O. The highest BCUT2D eigenvalue weighted by atomic mass is 79.9. The van der Waals surface area contributed by atoms with E-state index in [1.165, 1.54) is 12.8 Å². The van der Waals surface area contributed by atoms with Gasteiger partial charge in [-0.25, -0.2) is 0 Å². The van der Waals surface area contributed by atoms with Gasteiger partial charge in [0.2, 0.25) is 0 Å². The third-order valence-corrected chi connectivity index (χ3v) is 4.73. The van der Waals surface area contributed by atoms with E-state index in [9.17, 15) is 4.79 Å². The highest BCUT2D eigenvalue weighted by molar-refractivity contribution is 9.11. The van der Waals surface area contributed by atoms with E-state index in [4.69, 9.17) is 0 Å². The van der Waals surface area contributed by atoms with Crippen LogP contribution in [0, 0.1) is 0 Å². The van der Waals surface area contributed by atoms with E-state index in [2.05, 4.69) is 56.0 Å². The fourth-order valence-electron chi connectivity index (χ4n) is 1.99. The van der Waals surface area contributed by atoms with Crippen molar-refractivity contribution in [2.75, 3.05) is 13.6 Å². The Hall–Kier alpha value is -0.390. The zero-order valence-corrected chi connectivity index (χ0v) is 14.3. The summed E-state index contributed by atoms with van der Waals surface area (Å²) in [6.07, 6.45) is 2.57. The van der Waals surface area contributed by atoms with E-state index in [-0.39, 0.29) is 5.91 Å². The van der Waals surface area contributed by atoms with Gasteiger partial charge in [-0.05, 0) is 60.9 Å². The molecule has 0 spiro atoms. The second-order valence-corrected chi connectivity index (χ2v) is 6.85. The number of halogens is 2. The molecule has 1 amide bonds. The fourth-order valence-corrected chi connectivity index (χ4v) is 2.78. The molecule has 1 atom stereocenters. The van der Waals surface area contributed by atoms with Gasteiger partial charge < -0.3 is 5.32 Å². The van der Waals surface area contributed by atoms with Crippen molar-refractivity contribution in [1.29, 1.82) is 0 Å². The maximum Gasteiger partial charge on any atom is 0.252 e. The van der Waals surface area contributed by atoms with Crippen LogP contribution in [-0.4, -0.2) is 36.5 Å². The van der Waals surface area contributed by atoms with Crippen molar-refractivity contribution in [2.45, 2.75) is 31.8 Å². The van der Waals surface area contributed by atoms with E-state index in [1.54, 1.807) is 0 Å². The summed E-state index contributed by atoms with van der Waals surface area (Å²) in [4.78, 5) is 14.5. The van der Waals surface area contributed by atoms with Crippen LogP contribution in [0.5, 0.6) is 0 Å². The van der Waals surface area contributed by atoms with Gasteiger partial charge >= 0.3 is 0 Å². The van der Waals surface area contributed by atoms with Crippen molar-refractivity contribution in [3.8, 4) is 0 Å². The minimum Gasteiger partial charge on any atom is -0.350 e. The van der Waals surface area contributed by atoms with Crippen LogP contribution in [0.4, 0.5) is 0 Å². The molecule has 1 N–H and O–H groups in total. The quantitative estimate of drug-likeness (QED) is 0.836. The van der Waals surface area contributed by atoms with Gasteiger partial charge in [0.05, 0.1) is 5.56 Å². The summed E-state index contributed by atoms with van der Waals surface area (Å²) in [5.41, 5.74) is 0.663. The molecule has 0 radical (unpaired) electrons. The molecule has 1 aliphatic carbocycles. The van der Waals surface area contributed by atoms with Crippen LogP contribution in [0.2, 0.25) is 0 Å². The first kappa shape index (κ1) is 15.0. The van der Waals surface area contributed by atoms with Gasteiger partial charge in [0.25, 0.3) is 5.91 Å². The summed E-state index contributed by atoms with van der Waals surface area (Å²) in [6, 6.07) is 6.68. The van der Waals surface area contributed by atoms with Gasteiger partial charge in [-0.3, -0.25) is 9.69 Å². The van der Waals surface area contributed by atoms with Crippen LogP contribution < -0.4 is 5.32 Å². The van der Waals surface area contributed by atoms with E-state index in [1.807, 2.05) is 18.2 Å². The summed E-state index contributed by atoms with van der Waals surface area (Å²) in [7, 11) is 2.13. The highest BCUT2D eigenvalue weighted by Gasteiger charge is 2.29. The van der Waals surface area contributed by atoms with E-state index in [0.29, 0.717) is 24.2 Å². The van der Waals surface area contributed by atoms with Crippen molar-refractivity contribution in [1.82, 2.24) is 10.2 Å². The second kappa shape index (κ2) is 6.37. The number of hydrogen-bond acceptors (Lipinski definition) is 2. The van der Waals surface area contributed by atoms with Crippen LogP contribution in [-0.2, 0) is 0 Å². The van der Waals surface area contributed by atoms with Crippen LogP contribution in [0.15, 0.2) is 27.1 Å². The maximum atomic E-state index is 12.1. The van der Waals surface area contributed by atoms with Crippen molar-refractivity contribution < 1.29 is 4.79 Å². The van der Waals surface area contributed by atoms with Gasteiger partial charge in [0, 0.05) is 27.6 Å². The third-order valence-electron chi connectivity index (χ3n) is 3.55. The molecule has 3 nitrogen and oxygen atoms in total. The maximum absolute atomic E-state index is 12.1. The van der Waals surface area contributed by atoms with Crippen LogP contribution in [0.3, 0.4) is 0 Å². The summed E-state index contributed by atoms with van der Waals surface area (Å²) < 4.78 is 1.72. The van der Waals surface area contributed by atoms with E-state index >= 15 is 0 Å². The molecule has 0 aliphatic heterocycles. The molecule has 19 heavy (non-hydrogen) atoms. The molecule has 5 heteroatoms. The largest absolute Gasteiger partial charge is 0.350 e. The Morgan fingerprint density at radius 3 is 2.79 bits per heavy atom. The zero-order chi connectivity index (χ0) is 14.0. The topological polar surface area (TPSA) is 32.3 Å². The SMILES string of the molecule is CC(CNC(=O)c1cc(Br)ccc1Br)N(C)C1CC1. The van der Waals surface area contributed by atoms with Crippen LogP contribution >= 0.6 is 31.9 Å². The normalized spacial score (nSPS) is 16.5. The van der Waals surface area contributed by atoms with Crippen molar-refractivity contribution in [3.05, 3.63) is 32.7 Å². The molecule has 0 bridgehead atoms. The number of nitrogens with zero attached hydrogens (tertiary/aromatic N) is 1.